The van der Waals surface area contributed by atoms with Crippen LogP contribution in [0.25, 0.3) is 0 Å². The third-order valence-electron chi connectivity index (χ3n) is 3.45. The van der Waals surface area contributed by atoms with Gasteiger partial charge in [-0.1, -0.05) is 61.9 Å². The molecule has 0 heterocycles. The highest BCUT2D eigenvalue weighted by molar-refractivity contribution is 5.94. The molecule has 2 N–H and O–H groups in total. The molecule has 2 aromatic carbocycles. The van der Waals surface area contributed by atoms with E-state index in [0.29, 0.717) is 12.0 Å². The minimum Gasteiger partial charge on any atom is -0.391 e. The Morgan fingerprint density at radius 2 is 1.62 bits per heavy atom. The van der Waals surface area contributed by atoms with Gasteiger partial charge in [0.2, 0.25) is 0 Å². The van der Waals surface area contributed by atoms with Crippen LogP contribution in [0, 0.1) is 0 Å². The molecule has 0 bridgehead atoms. The summed E-state index contributed by atoms with van der Waals surface area (Å²) in [5.74, 6) is -0.167. The second-order valence-electron chi connectivity index (χ2n) is 5.08. The summed E-state index contributed by atoms with van der Waals surface area (Å²) >= 11 is 0. The number of aliphatic hydroxyl groups is 1. The third-order valence-corrected chi connectivity index (χ3v) is 3.45. The second kappa shape index (κ2) is 7.60. The fourth-order valence-electron chi connectivity index (χ4n) is 2.34. The van der Waals surface area contributed by atoms with Gasteiger partial charge in [0.1, 0.15) is 0 Å². The van der Waals surface area contributed by atoms with Crippen LogP contribution in [0.4, 0.5) is 0 Å². The van der Waals surface area contributed by atoms with E-state index in [2.05, 4.69) is 5.32 Å². The highest BCUT2D eigenvalue weighted by Gasteiger charge is 2.22. The molecule has 0 aliphatic heterocycles. The monoisotopic (exact) mass is 283 g/mol. The smallest absolute Gasteiger partial charge is 0.251 e. The topological polar surface area (TPSA) is 49.3 Å². The maximum Gasteiger partial charge on any atom is 0.251 e. The Morgan fingerprint density at radius 1 is 1.05 bits per heavy atom. The molecule has 0 unspecified atom stereocenters. The van der Waals surface area contributed by atoms with E-state index < -0.39 is 6.10 Å². The van der Waals surface area contributed by atoms with Gasteiger partial charge >= 0.3 is 0 Å². The number of hydrogen-bond acceptors (Lipinski definition) is 2. The number of rotatable bonds is 6. The molecular weight excluding hydrogens is 262 g/mol. The molecule has 0 radical (unpaired) electrons. The predicted molar refractivity (Wildman–Crippen MR) is 84.0 cm³/mol. The molecule has 2 atom stereocenters. The fraction of sp³-hybridized carbons (Fsp3) is 0.278. The van der Waals surface area contributed by atoms with Gasteiger partial charge in [-0.15, -0.1) is 0 Å². The molecule has 110 valence electrons. The molecule has 1 amide bonds. The van der Waals surface area contributed by atoms with Crippen LogP contribution in [0.3, 0.4) is 0 Å². The lowest BCUT2D eigenvalue weighted by atomic mass is 9.98. The summed E-state index contributed by atoms with van der Waals surface area (Å²) in [4.78, 5) is 12.3. The summed E-state index contributed by atoms with van der Waals surface area (Å²) in [6, 6.07) is 18.3. The van der Waals surface area contributed by atoms with Crippen LogP contribution in [-0.2, 0) is 0 Å². The quantitative estimate of drug-likeness (QED) is 0.854. The van der Waals surface area contributed by atoms with E-state index in [-0.39, 0.29) is 11.9 Å². The SMILES string of the molecule is CCC[C@@H](O)[C@H](NC(=O)c1ccccc1)c1ccccc1. The number of carbonyl (C=O) groups excluding carboxylic acids is 1. The molecule has 2 aromatic rings. The summed E-state index contributed by atoms with van der Waals surface area (Å²) in [6.45, 7) is 2.02. The van der Waals surface area contributed by atoms with Crippen LogP contribution in [0.2, 0.25) is 0 Å². The number of benzene rings is 2. The van der Waals surface area contributed by atoms with Crippen LogP contribution in [0.15, 0.2) is 60.7 Å². The van der Waals surface area contributed by atoms with Gasteiger partial charge in [-0.2, -0.15) is 0 Å². The number of aliphatic hydroxyl groups excluding tert-OH is 1. The van der Waals surface area contributed by atoms with Crippen molar-refractivity contribution in [2.75, 3.05) is 0 Å². The lowest BCUT2D eigenvalue weighted by Gasteiger charge is -2.24. The van der Waals surface area contributed by atoms with Crippen molar-refractivity contribution in [1.82, 2.24) is 5.32 Å². The molecule has 0 saturated heterocycles. The van der Waals surface area contributed by atoms with E-state index in [1.165, 1.54) is 0 Å². The lowest BCUT2D eigenvalue weighted by Crippen LogP contribution is -2.36. The van der Waals surface area contributed by atoms with E-state index in [1.54, 1.807) is 12.1 Å². The predicted octanol–water partition coefficient (Wildman–Crippen LogP) is 3.32. The van der Waals surface area contributed by atoms with Gasteiger partial charge < -0.3 is 10.4 Å². The molecule has 21 heavy (non-hydrogen) atoms. The Kier molecular flexibility index (Phi) is 5.52. The van der Waals surface area contributed by atoms with E-state index in [1.807, 2.05) is 55.5 Å². The van der Waals surface area contributed by atoms with Gasteiger partial charge in [0.05, 0.1) is 12.1 Å². The minimum absolute atomic E-state index is 0.167. The van der Waals surface area contributed by atoms with Crippen molar-refractivity contribution in [2.45, 2.75) is 31.9 Å². The summed E-state index contributed by atoms with van der Waals surface area (Å²) in [7, 11) is 0. The summed E-state index contributed by atoms with van der Waals surface area (Å²) in [5.41, 5.74) is 1.52. The van der Waals surface area contributed by atoms with Crippen molar-refractivity contribution in [3.05, 3.63) is 71.8 Å². The molecule has 2 rings (SSSR count). The van der Waals surface area contributed by atoms with Gasteiger partial charge in [0.25, 0.3) is 5.91 Å². The van der Waals surface area contributed by atoms with Crippen molar-refractivity contribution in [2.24, 2.45) is 0 Å². The first kappa shape index (κ1) is 15.3. The van der Waals surface area contributed by atoms with Crippen LogP contribution in [0.1, 0.15) is 41.7 Å². The second-order valence-corrected chi connectivity index (χ2v) is 5.08. The lowest BCUT2D eigenvalue weighted by molar-refractivity contribution is 0.0811. The van der Waals surface area contributed by atoms with Crippen molar-refractivity contribution in [3.63, 3.8) is 0 Å². The van der Waals surface area contributed by atoms with Crippen LogP contribution in [-0.4, -0.2) is 17.1 Å². The Balaban J connectivity index is 2.18. The van der Waals surface area contributed by atoms with Gasteiger partial charge in [-0.3, -0.25) is 4.79 Å². The van der Waals surface area contributed by atoms with Crippen LogP contribution >= 0.6 is 0 Å². The zero-order valence-electron chi connectivity index (χ0n) is 12.2. The summed E-state index contributed by atoms with van der Waals surface area (Å²) in [6.07, 6.45) is 0.922. The third kappa shape index (κ3) is 4.17. The van der Waals surface area contributed by atoms with Gasteiger partial charge in [-0.25, -0.2) is 0 Å². The Bertz CT molecular complexity index is 554. The number of hydrogen-bond donors (Lipinski definition) is 2. The van der Waals surface area contributed by atoms with Gasteiger partial charge in [0.15, 0.2) is 0 Å². The van der Waals surface area contributed by atoms with Gasteiger partial charge in [-0.05, 0) is 24.1 Å². The normalized spacial score (nSPS) is 13.4. The minimum atomic E-state index is -0.593. The Hall–Kier alpha value is -2.13. The maximum atomic E-state index is 12.3. The van der Waals surface area contributed by atoms with E-state index in [9.17, 15) is 9.90 Å². The van der Waals surface area contributed by atoms with Crippen molar-refractivity contribution < 1.29 is 9.90 Å². The fourth-order valence-corrected chi connectivity index (χ4v) is 2.34. The van der Waals surface area contributed by atoms with E-state index in [0.717, 1.165) is 12.0 Å². The summed E-state index contributed by atoms with van der Waals surface area (Å²) in [5, 5.41) is 13.3. The van der Waals surface area contributed by atoms with E-state index >= 15 is 0 Å². The molecular formula is C18H21NO2. The number of amides is 1. The molecule has 0 aromatic heterocycles. The van der Waals surface area contributed by atoms with Crippen molar-refractivity contribution in [1.29, 1.82) is 0 Å². The standard InChI is InChI=1S/C18H21NO2/c1-2-9-16(20)17(14-10-5-3-6-11-14)19-18(21)15-12-7-4-8-13-15/h3-8,10-13,16-17,20H,2,9H2,1H3,(H,19,21)/t16-,17-/m1/s1. The molecule has 0 aliphatic rings. The van der Waals surface area contributed by atoms with Crippen molar-refractivity contribution in [3.8, 4) is 0 Å². The molecule has 0 spiro atoms. The highest BCUT2D eigenvalue weighted by atomic mass is 16.3. The first-order chi connectivity index (χ1) is 10.2. The maximum absolute atomic E-state index is 12.3. The van der Waals surface area contributed by atoms with Crippen LogP contribution < -0.4 is 5.32 Å². The number of nitrogens with one attached hydrogen (secondary N) is 1. The highest BCUT2D eigenvalue weighted by Crippen LogP contribution is 2.20. The van der Waals surface area contributed by atoms with Gasteiger partial charge in [0, 0.05) is 5.56 Å². The zero-order chi connectivity index (χ0) is 15.1. The molecule has 0 saturated carbocycles. The first-order valence-electron chi connectivity index (χ1n) is 7.31. The zero-order valence-corrected chi connectivity index (χ0v) is 12.2. The molecule has 3 heteroatoms. The van der Waals surface area contributed by atoms with E-state index in [4.69, 9.17) is 0 Å². The Morgan fingerprint density at radius 3 is 2.19 bits per heavy atom. The largest absolute Gasteiger partial charge is 0.391 e. The van der Waals surface area contributed by atoms with Crippen LogP contribution in [0.5, 0.6) is 0 Å². The first-order valence-corrected chi connectivity index (χ1v) is 7.31. The molecule has 0 fully saturated rings. The summed E-state index contributed by atoms with van der Waals surface area (Å²) < 4.78 is 0. The Labute approximate surface area is 125 Å². The van der Waals surface area contributed by atoms with Crippen molar-refractivity contribution >= 4 is 5.91 Å². The molecule has 0 aliphatic carbocycles. The molecule has 3 nitrogen and oxygen atoms in total. The average Bonchev–Trinajstić information content (AvgIpc) is 2.54. The number of carbonyl (C=O) groups is 1. The average molecular weight is 283 g/mol.